The zero-order chi connectivity index (χ0) is 24.0. The molecule has 10 heteroatoms. The van der Waals surface area contributed by atoms with Crippen LogP contribution in [0.3, 0.4) is 0 Å². The van der Waals surface area contributed by atoms with Gasteiger partial charge < -0.3 is 14.8 Å². The molecule has 0 saturated carbocycles. The third-order valence-corrected chi connectivity index (χ3v) is 6.27. The van der Waals surface area contributed by atoms with Crippen molar-refractivity contribution in [2.75, 3.05) is 26.1 Å². The fraction of sp³-hybridized carbons (Fsp3) is 0.261. The predicted molar refractivity (Wildman–Crippen MR) is 124 cm³/mol. The van der Waals surface area contributed by atoms with Crippen LogP contribution in [0.1, 0.15) is 24.4 Å². The van der Waals surface area contributed by atoms with Crippen LogP contribution in [-0.2, 0) is 19.6 Å². The minimum absolute atomic E-state index is 0.0495. The first-order chi connectivity index (χ1) is 15.7. The molecule has 0 aliphatic heterocycles. The number of hydrogen-bond donors (Lipinski definition) is 2. The fourth-order valence-electron chi connectivity index (χ4n) is 3.14. The molecule has 0 amide bonds. The van der Waals surface area contributed by atoms with Crippen LogP contribution in [0, 0.1) is 6.92 Å². The molecule has 0 fully saturated rings. The fourth-order valence-corrected chi connectivity index (χ4v) is 4.16. The third kappa shape index (κ3) is 6.27. The quantitative estimate of drug-likeness (QED) is 0.458. The predicted octanol–water partition coefficient (Wildman–Crippen LogP) is 3.09. The smallest absolute Gasteiger partial charge is 0.320 e. The van der Waals surface area contributed by atoms with Crippen LogP contribution in [0.15, 0.2) is 59.5 Å². The summed E-state index contributed by atoms with van der Waals surface area (Å²) in [7, 11) is -1.06. The second-order valence-electron chi connectivity index (χ2n) is 7.26. The van der Waals surface area contributed by atoms with Gasteiger partial charge in [0.25, 0.3) is 0 Å². The van der Waals surface area contributed by atoms with Crippen LogP contribution in [0.25, 0.3) is 11.3 Å². The van der Waals surface area contributed by atoms with E-state index in [0.29, 0.717) is 11.6 Å². The number of sulfonamides is 1. The average molecular weight is 471 g/mol. The lowest BCUT2D eigenvalue weighted by Crippen LogP contribution is -2.30. The second kappa shape index (κ2) is 10.4. The normalized spacial score (nSPS) is 12.1. The lowest BCUT2D eigenvalue weighted by molar-refractivity contribution is -0.139. The third-order valence-electron chi connectivity index (χ3n) is 4.87. The molecule has 0 aliphatic carbocycles. The maximum absolute atomic E-state index is 12.5. The summed E-state index contributed by atoms with van der Waals surface area (Å²) in [6.07, 6.45) is 0. The van der Waals surface area contributed by atoms with E-state index in [1.807, 2.05) is 43.3 Å². The summed E-state index contributed by atoms with van der Waals surface area (Å²) in [5.74, 6) is 1.25. The SMILES string of the molecule is COC(=O)CNS(=O)(=O)c1cccc(C(C)Nc2cc(-c3cccc(OC)c3)nc(C)n2)c1. The van der Waals surface area contributed by atoms with E-state index in [1.165, 1.54) is 13.2 Å². The number of rotatable bonds is 9. The van der Waals surface area contributed by atoms with Crippen LogP contribution in [0.5, 0.6) is 5.75 Å². The highest BCUT2D eigenvalue weighted by molar-refractivity contribution is 7.89. The minimum Gasteiger partial charge on any atom is -0.497 e. The van der Waals surface area contributed by atoms with Gasteiger partial charge >= 0.3 is 5.97 Å². The molecule has 2 aromatic carbocycles. The molecule has 2 N–H and O–H groups in total. The Morgan fingerprint density at radius 3 is 2.55 bits per heavy atom. The Labute approximate surface area is 193 Å². The molecular weight excluding hydrogens is 444 g/mol. The van der Waals surface area contributed by atoms with E-state index >= 15 is 0 Å². The molecular formula is C23H26N4O5S. The zero-order valence-electron chi connectivity index (χ0n) is 18.8. The Morgan fingerprint density at radius 2 is 1.82 bits per heavy atom. The number of benzene rings is 2. The first-order valence-electron chi connectivity index (χ1n) is 10.1. The molecule has 0 spiro atoms. The van der Waals surface area contributed by atoms with Crippen molar-refractivity contribution in [2.45, 2.75) is 24.8 Å². The van der Waals surface area contributed by atoms with Gasteiger partial charge in [-0.25, -0.2) is 18.4 Å². The van der Waals surface area contributed by atoms with E-state index < -0.39 is 22.5 Å². The van der Waals surface area contributed by atoms with E-state index in [0.717, 1.165) is 22.6 Å². The number of ether oxygens (including phenoxy) is 2. The summed E-state index contributed by atoms with van der Waals surface area (Å²) >= 11 is 0. The molecule has 0 bridgehead atoms. The molecule has 0 saturated heterocycles. The summed E-state index contributed by atoms with van der Waals surface area (Å²) in [6, 6.07) is 15.6. The maximum atomic E-state index is 12.5. The Hall–Kier alpha value is -3.50. The largest absolute Gasteiger partial charge is 0.497 e. The van der Waals surface area contributed by atoms with E-state index in [1.54, 1.807) is 26.2 Å². The Balaban J connectivity index is 1.82. The molecule has 0 aliphatic rings. The molecule has 1 heterocycles. The lowest BCUT2D eigenvalue weighted by atomic mass is 10.1. The van der Waals surface area contributed by atoms with E-state index in [2.05, 4.69) is 24.7 Å². The molecule has 3 rings (SSSR count). The number of anilines is 1. The summed E-state index contributed by atoms with van der Waals surface area (Å²) < 4.78 is 37.0. The highest BCUT2D eigenvalue weighted by Gasteiger charge is 2.18. The number of carbonyl (C=O) groups excluding carboxylic acids is 1. The lowest BCUT2D eigenvalue weighted by Gasteiger charge is -2.17. The van der Waals surface area contributed by atoms with Crippen molar-refractivity contribution in [3.05, 3.63) is 66.0 Å². The van der Waals surface area contributed by atoms with Gasteiger partial charge in [-0.1, -0.05) is 24.3 Å². The van der Waals surface area contributed by atoms with Gasteiger partial charge in [0.15, 0.2) is 0 Å². The Morgan fingerprint density at radius 1 is 1.06 bits per heavy atom. The summed E-state index contributed by atoms with van der Waals surface area (Å²) in [5.41, 5.74) is 2.36. The van der Waals surface area contributed by atoms with Crippen molar-refractivity contribution in [2.24, 2.45) is 0 Å². The van der Waals surface area contributed by atoms with E-state index in [-0.39, 0.29) is 10.9 Å². The van der Waals surface area contributed by atoms with Crippen molar-refractivity contribution in [1.29, 1.82) is 0 Å². The first kappa shape index (κ1) is 24.1. The Kier molecular flexibility index (Phi) is 7.62. The Bertz CT molecular complexity index is 1250. The second-order valence-corrected chi connectivity index (χ2v) is 9.02. The summed E-state index contributed by atoms with van der Waals surface area (Å²) in [6.45, 7) is 3.26. The monoisotopic (exact) mass is 470 g/mol. The van der Waals surface area contributed by atoms with Gasteiger partial charge in [0.1, 0.15) is 23.9 Å². The number of methoxy groups -OCH3 is 2. The van der Waals surface area contributed by atoms with Crippen molar-refractivity contribution >= 4 is 21.8 Å². The topological polar surface area (TPSA) is 120 Å². The van der Waals surface area contributed by atoms with Gasteiger partial charge in [-0.3, -0.25) is 4.79 Å². The molecule has 1 unspecified atom stereocenters. The number of nitrogens with zero attached hydrogens (tertiary/aromatic N) is 2. The number of aryl methyl sites for hydroxylation is 1. The minimum atomic E-state index is -3.87. The molecule has 3 aromatic rings. The van der Waals surface area contributed by atoms with Gasteiger partial charge in [0, 0.05) is 17.7 Å². The van der Waals surface area contributed by atoms with Crippen LogP contribution >= 0.6 is 0 Å². The number of nitrogens with one attached hydrogen (secondary N) is 2. The molecule has 33 heavy (non-hydrogen) atoms. The molecule has 1 aromatic heterocycles. The maximum Gasteiger partial charge on any atom is 0.320 e. The van der Waals surface area contributed by atoms with Crippen molar-refractivity contribution in [3.63, 3.8) is 0 Å². The van der Waals surface area contributed by atoms with Crippen LogP contribution in [0.2, 0.25) is 0 Å². The zero-order valence-corrected chi connectivity index (χ0v) is 19.6. The number of esters is 1. The average Bonchev–Trinajstić information content (AvgIpc) is 2.82. The number of aromatic nitrogens is 2. The van der Waals surface area contributed by atoms with Crippen LogP contribution in [0.4, 0.5) is 5.82 Å². The van der Waals surface area contributed by atoms with Gasteiger partial charge in [-0.2, -0.15) is 4.72 Å². The molecule has 174 valence electrons. The van der Waals surface area contributed by atoms with E-state index in [4.69, 9.17) is 4.74 Å². The van der Waals surface area contributed by atoms with Crippen molar-refractivity contribution < 1.29 is 22.7 Å². The molecule has 1 atom stereocenters. The summed E-state index contributed by atoms with van der Waals surface area (Å²) in [4.78, 5) is 20.3. The first-order valence-corrected chi connectivity index (χ1v) is 11.6. The molecule has 0 radical (unpaired) electrons. The van der Waals surface area contributed by atoms with Crippen molar-refractivity contribution in [1.82, 2.24) is 14.7 Å². The highest BCUT2D eigenvalue weighted by atomic mass is 32.2. The summed E-state index contributed by atoms with van der Waals surface area (Å²) in [5, 5.41) is 3.30. The van der Waals surface area contributed by atoms with Crippen LogP contribution < -0.4 is 14.8 Å². The van der Waals surface area contributed by atoms with Crippen LogP contribution in [-0.4, -0.2) is 45.1 Å². The van der Waals surface area contributed by atoms with Gasteiger partial charge in [-0.05, 0) is 43.7 Å². The number of hydrogen-bond acceptors (Lipinski definition) is 8. The molecule has 9 nitrogen and oxygen atoms in total. The number of carbonyl (C=O) groups is 1. The van der Waals surface area contributed by atoms with Crippen molar-refractivity contribution in [3.8, 4) is 17.0 Å². The van der Waals surface area contributed by atoms with Gasteiger partial charge in [-0.15, -0.1) is 0 Å². The highest BCUT2D eigenvalue weighted by Crippen LogP contribution is 2.26. The van der Waals surface area contributed by atoms with Gasteiger partial charge in [0.05, 0.1) is 24.8 Å². The standard InChI is InChI=1S/C23H26N4O5S/c1-15(17-7-6-10-20(12-17)33(29,30)24-14-23(28)32-4)25-22-13-21(26-16(2)27-22)18-8-5-9-19(11-18)31-3/h5-13,15,24H,14H2,1-4H3,(H,25,26,27). The van der Waals surface area contributed by atoms with E-state index in [9.17, 15) is 13.2 Å². The van der Waals surface area contributed by atoms with Gasteiger partial charge in [0.2, 0.25) is 10.0 Å².